The molecule has 0 spiro atoms. The predicted octanol–water partition coefficient (Wildman–Crippen LogP) is 2.10. The molecule has 0 aromatic heterocycles. The first kappa shape index (κ1) is 19.9. The van der Waals surface area contributed by atoms with Gasteiger partial charge in [-0.05, 0) is 34.2 Å². The molecule has 0 aliphatic carbocycles. The van der Waals surface area contributed by atoms with E-state index in [0.717, 1.165) is 17.7 Å². The third-order valence-electron chi connectivity index (χ3n) is 5.77. The molecule has 0 amide bonds. The lowest BCUT2D eigenvalue weighted by Gasteiger charge is -2.40. The summed E-state index contributed by atoms with van der Waals surface area (Å²) in [5.41, 5.74) is 5.73. The van der Waals surface area contributed by atoms with Crippen molar-refractivity contribution in [2.75, 3.05) is 6.61 Å². The van der Waals surface area contributed by atoms with Gasteiger partial charge in [-0.3, -0.25) is 0 Å². The molecule has 1 saturated heterocycles. The summed E-state index contributed by atoms with van der Waals surface area (Å²) >= 11 is 1.87. The Morgan fingerprint density at radius 3 is 2.36 bits per heavy atom. The van der Waals surface area contributed by atoms with Gasteiger partial charge in [0.2, 0.25) is 0 Å². The second-order valence-corrected chi connectivity index (χ2v) is 8.59. The van der Waals surface area contributed by atoms with Crippen LogP contribution in [0.4, 0.5) is 0 Å². The van der Waals surface area contributed by atoms with Crippen LogP contribution in [0, 0.1) is 0 Å². The summed E-state index contributed by atoms with van der Waals surface area (Å²) in [6.45, 7) is 1.72. The minimum Gasteiger partial charge on any atom is -0.394 e. The molecule has 4 rings (SSSR count). The average Bonchev–Trinajstić information content (AvgIpc) is 3.15. The van der Waals surface area contributed by atoms with Gasteiger partial charge in [-0.1, -0.05) is 49.4 Å². The molecule has 28 heavy (non-hydrogen) atoms. The van der Waals surface area contributed by atoms with Crippen LogP contribution >= 0.6 is 11.8 Å². The smallest absolute Gasteiger partial charge is 0.113 e. The topological polar surface area (TPSA) is 90.2 Å². The van der Waals surface area contributed by atoms with Crippen molar-refractivity contribution in [1.82, 2.24) is 0 Å². The first-order valence-corrected chi connectivity index (χ1v) is 10.7. The number of aliphatic hydroxyl groups is 4. The fourth-order valence-electron chi connectivity index (χ4n) is 4.01. The number of aryl methyl sites for hydroxylation is 1. The molecular weight excluding hydrogens is 376 g/mol. The van der Waals surface area contributed by atoms with E-state index in [9.17, 15) is 20.4 Å². The Labute approximate surface area is 169 Å². The van der Waals surface area contributed by atoms with Crippen LogP contribution in [-0.4, -0.2) is 51.4 Å². The van der Waals surface area contributed by atoms with Gasteiger partial charge >= 0.3 is 0 Å². The monoisotopic (exact) mass is 402 g/mol. The van der Waals surface area contributed by atoms with Crippen LogP contribution in [0.5, 0.6) is 0 Å². The fraction of sp³-hybridized carbons (Fsp3) is 0.455. The number of hydrogen-bond acceptors (Lipinski definition) is 6. The maximum atomic E-state index is 10.4. The average molecular weight is 403 g/mol. The Kier molecular flexibility index (Phi) is 5.78. The van der Waals surface area contributed by atoms with Crippen LogP contribution in [0.3, 0.4) is 0 Å². The van der Waals surface area contributed by atoms with E-state index >= 15 is 0 Å². The maximum absolute atomic E-state index is 10.4. The molecule has 5 nitrogen and oxygen atoms in total. The largest absolute Gasteiger partial charge is 0.394 e. The number of hydrogen-bond donors (Lipinski definition) is 4. The molecule has 6 heteroatoms. The third-order valence-corrected chi connectivity index (χ3v) is 7.11. The highest BCUT2D eigenvalue weighted by Crippen LogP contribution is 2.47. The number of ether oxygens (including phenoxy) is 1. The van der Waals surface area contributed by atoms with E-state index in [-0.39, 0.29) is 5.25 Å². The zero-order chi connectivity index (χ0) is 19.8. The molecular formula is C22H26O5S. The fourth-order valence-corrected chi connectivity index (χ4v) is 5.37. The lowest BCUT2D eigenvalue weighted by molar-refractivity contribution is -0.231. The van der Waals surface area contributed by atoms with Gasteiger partial charge in [-0.2, -0.15) is 0 Å². The minimum atomic E-state index is -1.36. The van der Waals surface area contributed by atoms with Crippen LogP contribution in [0.25, 0.3) is 0 Å². The highest BCUT2D eigenvalue weighted by molar-refractivity contribution is 7.99. The summed E-state index contributed by atoms with van der Waals surface area (Å²) in [5, 5.41) is 40.2. The van der Waals surface area contributed by atoms with Gasteiger partial charge in [0.15, 0.2) is 0 Å². The number of rotatable bonds is 4. The molecule has 0 bridgehead atoms. The van der Waals surface area contributed by atoms with Crippen molar-refractivity contribution >= 4 is 11.8 Å². The Bertz CT molecular complexity index is 822. The molecule has 0 radical (unpaired) electrons. The van der Waals surface area contributed by atoms with E-state index in [2.05, 4.69) is 31.2 Å². The van der Waals surface area contributed by atoms with Crippen molar-refractivity contribution in [3.63, 3.8) is 0 Å². The highest BCUT2D eigenvalue weighted by Gasteiger charge is 2.44. The Hall–Kier alpha value is -1.41. The number of aliphatic hydroxyl groups excluding tert-OH is 4. The van der Waals surface area contributed by atoms with E-state index in [0.29, 0.717) is 0 Å². The van der Waals surface area contributed by atoms with Crippen LogP contribution in [0.2, 0.25) is 0 Å². The molecule has 1 fully saturated rings. The van der Waals surface area contributed by atoms with Crippen molar-refractivity contribution in [1.29, 1.82) is 0 Å². The van der Waals surface area contributed by atoms with Crippen molar-refractivity contribution < 1.29 is 25.2 Å². The summed E-state index contributed by atoms with van der Waals surface area (Å²) in [6, 6.07) is 14.6. The van der Waals surface area contributed by atoms with E-state index in [1.54, 1.807) is 0 Å². The van der Waals surface area contributed by atoms with Gasteiger partial charge in [0.05, 0.1) is 11.9 Å². The zero-order valence-electron chi connectivity index (χ0n) is 15.7. The molecule has 2 aliphatic heterocycles. The molecule has 2 heterocycles. The van der Waals surface area contributed by atoms with Crippen LogP contribution < -0.4 is 0 Å². The molecule has 0 saturated carbocycles. The van der Waals surface area contributed by atoms with Crippen molar-refractivity contribution in [2.24, 2.45) is 0 Å². The summed E-state index contributed by atoms with van der Waals surface area (Å²) in [6.07, 6.45) is -4.65. The van der Waals surface area contributed by atoms with Crippen LogP contribution in [0.1, 0.15) is 46.1 Å². The van der Waals surface area contributed by atoms with Gasteiger partial charge in [-0.15, -0.1) is 11.8 Å². The van der Waals surface area contributed by atoms with Gasteiger partial charge in [0.25, 0.3) is 0 Å². The van der Waals surface area contributed by atoms with E-state index in [1.807, 2.05) is 30.0 Å². The zero-order valence-corrected chi connectivity index (χ0v) is 16.5. The molecule has 2 aromatic rings. The van der Waals surface area contributed by atoms with Gasteiger partial charge in [-0.25, -0.2) is 0 Å². The van der Waals surface area contributed by atoms with Crippen molar-refractivity contribution in [3.8, 4) is 0 Å². The lowest BCUT2D eigenvalue weighted by atomic mass is 9.89. The van der Waals surface area contributed by atoms with Gasteiger partial charge in [0.1, 0.15) is 30.5 Å². The summed E-state index contributed by atoms with van der Waals surface area (Å²) in [7, 11) is 0. The van der Waals surface area contributed by atoms with E-state index < -0.39 is 37.1 Å². The first-order chi connectivity index (χ1) is 13.5. The van der Waals surface area contributed by atoms with Gasteiger partial charge in [0, 0.05) is 5.75 Å². The molecule has 6 atom stereocenters. The summed E-state index contributed by atoms with van der Waals surface area (Å²) in [5.74, 6) is 0.921. The minimum absolute atomic E-state index is 0.214. The van der Waals surface area contributed by atoms with Crippen LogP contribution in [-0.2, 0) is 16.9 Å². The van der Waals surface area contributed by atoms with Crippen molar-refractivity contribution in [3.05, 3.63) is 70.3 Å². The molecule has 2 aromatic carbocycles. The predicted molar refractivity (Wildman–Crippen MR) is 108 cm³/mol. The lowest BCUT2D eigenvalue weighted by Crippen LogP contribution is -2.55. The Morgan fingerprint density at radius 1 is 0.964 bits per heavy atom. The number of benzene rings is 2. The van der Waals surface area contributed by atoms with E-state index in [4.69, 9.17) is 4.74 Å². The van der Waals surface area contributed by atoms with E-state index in [1.165, 1.54) is 22.3 Å². The SMILES string of the molecule is CCc1ccc([C@@H]2SCc3ccc([C@@H]4O[C@H](CO)[C@@H](O)[C@H](O)[C@H]4O)cc32)cc1. The molecule has 2 aliphatic rings. The quantitative estimate of drug-likeness (QED) is 0.626. The second-order valence-electron chi connectivity index (χ2n) is 7.49. The second kappa shape index (κ2) is 8.14. The standard InChI is InChI=1S/C22H26O5S/c1-2-12-3-5-13(6-4-12)22-16-9-14(7-8-15(16)11-28-22)21-20(26)19(25)18(24)17(10-23)27-21/h3-9,17-26H,2,10-11H2,1H3/t17-,18-,19+,20-,21+,22+/m1/s1. The number of fused-ring (bicyclic) bond motifs is 1. The van der Waals surface area contributed by atoms with Crippen LogP contribution in [0.15, 0.2) is 42.5 Å². The summed E-state index contributed by atoms with van der Waals surface area (Å²) < 4.78 is 5.73. The summed E-state index contributed by atoms with van der Waals surface area (Å²) in [4.78, 5) is 0. The van der Waals surface area contributed by atoms with Crippen molar-refractivity contribution in [2.45, 2.75) is 54.9 Å². The first-order valence-electron chi connectivity index (χ1n) is 9.67. The normalized spacial score (nSPS) is 32.3. The maximum Gasteiger partial charge on any atom is 0.113 e. The molecule has 0 unspecified atom stereocenters. The third kappa shape index (κ3) is 3.49. The Morgan fingerprint density at radius 2 is 1.68 bits per heavy atom. The van der Waals surface area contributed by atoms with Gasteiger partial charge < -0.3 is 25.2 Å². The number of thioether (sulfide) groups is 1. The molecule has 150 valence electrons. The highest BCUT2D eigenvalue weighted by atomic mass is 32.2. The molecule has 4 N–H and O–H groups in total. The Balaban J connectivity index is 1.64.